The fourth-order valence-corrected chi connectivity index (χ4v) is 3.99. The molecule has 2 atom stereocenters. The highest BCUT2D eigenvalue weighted by atomic mass is 127. The van der Waals surface area contributed by atoms with Crippen molar-refractivity contribution in [2.75, 3.05) is 24.5 Å². The van der Waals surface area contributed by atoms with Gasteiger partial charge in [-0.05, 0) is 45.2 Å². The molecule has 2 aliphatic rings. The fourth-order valence-electron chi connectivity index (χ4n) is 3.99. The number of ether oxygens (including phenoxy) is 1. The number of anilines is 1. The van der Waals surface area contributed by atoms with Crippen LogP contribution < -0.4 is 15.5 Å². The predicted molar refractivity (Wildman–Crippen MR) is 127 cm³/mol. The van der Waals surface area contributed by atoms with Gasteiger partial charge in [0.15, 0.2) is 5.96 Å². The molecule has 1 aliphatic heterocycles. The molecule has 0 bridgehead atoms. The zero-order valence-electron chi connectivity index (χ0n) is 17.5. The molecule has 1 aliphatic carbocycles. The van der Waals surface area contributed by atoms with Crippen LogP contribution in [0.5, 0.6) is 0 Å². The summed E-state index contributed by atoms with van der Waals surface area (Å²) < 4.78 is 5.81. The molecule has 0 radical (unpaired) electrons. The number of guanidine groups is 1. The summed E-state index contributed by atoms with van der Waals surface area (Å²) in [6.07, 6.45) is 8.94. The van der Waals surface area contributed by atoms with Crippen LogP contribution in [0.3, 0.4) is 0 Å². The van der Waals surface area contributed by atoms with Crippen molar-refractivity contribution in [3.63, 3.8) is 0 Å². The lowest BCUT2D eigenvalue weighted by atomic mass is 9.96. The first-order valence-electron chi connectivity index (χ1n) is 10.5. The van der Waals surface area contributed by atoms with Gasteiger partial charge >= 0.3 is 0 Å². The summed E-state index contributed by atoms with van der Waals surface area (Å²) in [5.74, 6) is 1.95. The number of pyridine rings is 1. The standard InChI is InChI=1S/C21H35N5O.HI/c1-4-22-21(25-19-8-6-5-7-9-19)24-13-18-10-11-20(23-12-18)26-14-16(2)27-17(3)15-26;/h10-12,16-17,19H,4-9,13-15H2,1-3H3,(H2,22,24,25);1H. The third kappa shape index (κ3) is 7.06. The molecule has 1 saturated carbocycles. The topological polar surface area (TPSA) is 61.8 Å². The molecule has 2 N–H and O–H groups in total. The second-order valence-electron chi connectivity index (χ2n) is 7.86. The third-order valence-corrected chi connectivity index (χ3v) is 5.26. The van der Waals surface area contributed by atoms with Crippen molar-refractivity contribution in [1.29, 1.82) is 0 Å². The molecule has 2 fully saturated rings. The number of hydrogen-bond donors (Lipinski definition) is 2. The molecule has 0 spiro atoms. The summed E-state index contributed by atoms with van der Waals surface area (Å²) in [6, 6.07) is 4.81. The molecule has 0 amide bonds. The number of morpholine rings is 1. The molecule has 1 saturated heterocycles. The third-order valence-electron chi connectivity index (χ3n) is 5.26. The normalized spacial score (nSPS) is 23.8. The van der Waals surface area contributed by atoms with Gasteiger partial charge in [-0.3, -0.25) is 0 Å². The van der Waals surface area contributed by atoms with Gasteiger partial charge in [0.2, 0.25) is 0 Å². The molecule has 28 heavy (non-hydrogen) atoms. The highest BCUT2D eigenvalue weighted by Crippen LogP contribution is 2.19. The van der Waals surface area contributed by atoms with Gasteiger partial charge in [-0.15, -0.1) is 24.0 Å². The van der Waals surface area contributed by atoms with E-state index in [0.717, 1.165) is 37.0 Å². The molecule has 7 heteroatoms. The molecule has 3 rings (SSSR count). The minimum Gasteiger partial charge on any atom is -0.372 e. The first-order chi connectivity index (χ1) is 13.1. The van der Waals surface area contributed by atoms with Crippen LogP contribution in [0, 0.1) is 0 Å². The Morgan fingerprint density at radius 3 is 2.50 bits per heavy atom. The van der Waals surface area contributed by atoms with Gasteiger partial charge in [0.05, 0.1) is 18.8 Å². The van der Waals surface area contributed by atoms with E-state index in [1.807, 2.05) is 6.20 Å². The smallest absolute Gasteiger partial charge is 0.191 e. The van der Waals surface area contributed by atoms with Crippen LogP contribution >= 0.6 is 24.0 Å². The maximum Gasteiger partial charge on any atom is 0.191 e. The number of rotatable bonds is 5. The summed E-state index contributed by atoms with van der Waals surface area (Å²) in [6.45, 7) is 9.66. The van der Waals surface area contributed by atoms with Gasteiger partial charge < -0.3 is 20.3 Å². The van der Waals surface area contributed by atoms with E-state index < -0.39 is 0 Å². The van der Waals surface area contributed by atoms with Crippen LogP contribution in [0.15, 0.2) is 23.3 Å². The summed E-state index contributed by atoms with van der Waals surface area (Å²) in [5, 5.41) is 6.97. The monoisotopic (exact) mass is 501 g/mol. The van der Waals surface area contributed by atoms with E-state index in [4.69, 9.17) is 9.73 Å². The minimum absolute atomic E-state index is 0. The van der Waals surface area contributed by atoms with Crippen LogP contribution in [0.1, 0.15) is 58.4 Å². The van der Waals surface area contributed by atoms with Gasteiger partial charge in [-0.2, -0.15) is 0 Å². The number of aliphatic imine (C=N–C) groups is 1. The number of hydrogen-bond acceptors (Lipinski definition) is 4. The van der Waals surface area contributed by atoms with Crippen LogP contribution in [-0.2, 0) is 11.3 Å². The lowest BCUT2D eigenvalue weighted by Crippen LogP contribution is -2.45. The van der Waals surface area contributed by atoms with Crippen molar-refractivity contribution >= 4 is 35.8 Å². The van der Waals surface area contributed by atoms with Gasteiger partial charge in [0.1, 0.15) is 5.82 Å². The van der Waals surface area contributed by atoms with Crippen LogP contribution in [-0.4, -0.2) is 48.8 Å². The molecule has 158 valence electrons. The lowest BCUT2D eigenvalue weighted by Gasteiger charge is -2.36. The summed E-state index contributed by atoms with van der Waals surface area (Å²) in [5.41, 5.74) is 1.13. The van der Waals surface area contributed by atoms with Gasteiger partial charge in [-0.25, -0.2) is 9.98 Å². The van der Waals surface area contributed by atoms with E-state index in [9.17, 15) is 0 Å². The SMILES string of the molecule is CCNC(=NCc1ccc(N2CC(C)OC(C)C2)nc1)NC1CCCCC1.I. The molecule has 2 unspecified atom stereocenters. The Morgan fingerprint density at radius 2 is 1.89 bits per heavy atom. The molecule has 6 nitrogen and oxygen atoms in total. The Bertz CT molecular complexity index is 593. The first-order valence-corrected chi connectivity index (χ1v) is 10.5. The highest BCUT2D eigenvalue weighted by Gasteiger charge is 2.23. The average Bonchev–Trinajstić information content (AvgIpc) is 2.67. The van der Waals surface area contributed by atoms with E-state index in [1.54, 1.807) is 0 Å². The lowest BCUT2D eigenvalue weighted by molar-refractivity contribution is -0.00545. The Kier molecular flexibility index (Phi) is 9.77. The van der Waals surface area contributed by atoms with E-state index in [0.29, 0.717) is 12.6 Å². The summed E-state index contributed by atoms with van der Waals surface area (Å²) in [4.78, 5) is 11.7. The van der Waals surface area contributed by atoms with Crippen molar-refractivity contribution in [3.05, 3.63) is 23.9 Å². The van der Waals surface area contributed by atoms with Crippen molar-refractivity contribution in [2.45, 2.75) is 77.7 Å². The van der Waals surface area contributed by atoms with E-state index in [1.165, 1.54) is 32.1 Å². The fraction of sp³-hybridized carbons (Fsp3) is 0.714. The molecule has 0 aromatic carbocycles. The van der Waals surface area contributed by atoms with Gasteiger partial charge in [-0.1, -0.05) is 25.3 Å². The van der Waals surface area contributed by atoms with Crippen molar-refractivity contribution in [1.82, 2.24) is 15.6 Å². The van der Waals surface area contributed by atoms with Crippen molar-refractivity contribution < 1.29 is 4.74 Å². The molecular weight excluding hydrogens is 465 g/mol. The maximum absolute atomic E-state index is 5.81. The van der Waals surface area contributed by atoms with Crippen LogP contribution in [0.2, 0.25) is 0 Å². The van der Waals surface area contributed by atoms with Gasteiger partial charge in [0.25, 0.3) is 0 Å². The number of nitrogens with one attached hydrogen (secondary N) is 2. The van der Waals surface area contributed by atoms with E-state index >= 15 is 0 Å². The average molecular weight is 501 g/mol. The second kappa shape index (κ2) is 11.8. The molecule has 1 aromatic rings. The molecule has 2 heterocycles. The summed E-state index contributed by atoms with van der Waals surface area (Å²) >= 11 is 0. The van der Waals surface area contributed by atoms with Gasteiger partial charge in [0, 0.05) is 31.9 Å². The van der Waals surface area contributed by atoms with Crippen molar-refractivity contribution in [3.8, 4) is 0 Å². The largest absolute Gasteiger partial charge is 0.372 e. The Labute approximate surface area is 186 Å². The number of aromatic nitrogens is 1. The quantitative estimate of drug-likeness (QED) is 0.366. The maximum atomic E-state index is 5.81. The zero-order chi connectivity index (χ0) is 19.1. The highest BCUT2D eigenvalue weighted by molar-refractivity contribution is 14.0. The van der Waals surface area contributed by atoms with E-state index in [2.05, 4.69) is 53.4 Å². The van der Waals surface area contributed by atoms with Crippen LogP contribution in [0.4, 0.5) is 5.82 Å². The number of nitrogens with zero attached hydrogens (tertiary/aromatic N) is 3. The summed E-state index contributed by atoms with van der Waals surface area (Å²) in [7, 11) is 0. The second-order valence-corrected chi connectivity index (χ2v) is 7.86. The Balaban J connectivity index is 0.00000280. The zero-order valence-corrected chi connectivity index (χ0v) is 19.8. The first kappa shape index (κ1) is 23.2. The van der Waals surface area contributed by atoms with E-state index in [-0.39, 0.29) is 36.2 Å². The van der Waals surface area contributed by atoms with Crippen molar-refractivity contribution in [2.24, 2.45) is 4.99 Å². The molecular formula is C21H36IN5O. The number of halogens is 1. The predicted octanol–water partition coefficient (Wildman–Crippen LogP) is 3.70. The molecule has 1 aromatic heterocycles. The Hall–Kier alpha value is -1.09. The minimum atomic E-state index is 0. The Morgan fingerprint density at radius 1 is 1.18 bits per heavy atom. The van der Waals surface area contributed by atoms with Crippen LogP contribution in [0.25, 0.3) is 0 Å².